The number of nitrogens with one attached hydrogen (secondary N) is 2. The summed E-state index contributed by atoms with van der Waals surface area (Å²) in [6.07, 6.45) is 3.17. The Balaban J connectivity index is 1.54. The first-order valence-corrected chi connectivity index (χ1v) is 10.2. The summed E-state index contributed by atoms with van der Waals surface area (Å²) < 4.78 is 0. The summed E-state index contributed by atoms with van der Waals surface area (Å²) in [6.45, 7) is 3.81. The van der Waals surface area contributed by atoms with Crippen molar-refractivity contribution in [2.24, 2.45) is 5.92 Å². The fourth-order valence-electron chi connectivity index (χ4n) is 3.60. The van der Waals surface area contributed by atoms with E-state index in [4.69, 9.17) is 0 Å². The molecule has 0 aromatic carbocycles. The highest BCUT2D eigenvalue weighted by Gasteiger charge is 2.32. The van der Waals surface area contributed by atoms with E-state index >= 15 is 0 Å². The van der Waals surface area contributed by atoms with Gasteiger partial charge in [0, 0.05) is 30.1 Å². The van der Waals surface area contributed by atoms with E-state index in [0.29, 0.717) is 43.3 Å². The number of aryl methyl sites for hydroxylation is 1. The van der Waals surface area contributed by atoms with Crippen LogP contribution in [0.3, 0.4) is 0 Å². The third-order valence-electron chi connectivity index (χ3n) is 5.21. The number of nitriles is 1. The van der Waals surface area contributed by atoms with E-state index in [1.807, 2.05) is 6.19 Å². The molecule has 0 unspecified atom stereocenters. The fourth-order valence-corrected chi connectivity index (χ4v) is 4.68. The zero-order valence-corrected chi connectivity index (χ0v) is 16.7. The molecule has 0 bridgehead atoms. The van der Waals surface area contributed by atoms with Crippen molar-refractivity contribution < 1.29 is 9.59 Å². The van der Waals surface area contributed by atoms with Crippen LogP contribution in [0.25, 0.3) is 0 Å². The number of hydrogen-bond acceptors (Lipinski definition) is 7. The topological polar surface area (TPSA) is 122 Å². The van der Waals surface area contributed by atoms with Gasteiger partial charge in [0.25, 0.3) is 11.5 Å². The lowest BCUT2D eigenvalue weighted by Gasteiger charge is -2.25. The lowest BCUT2D eigenvalue weighted by molar-refractivity contribution is -0.121. The average molecular weight is 412 g/mol. The molecule has 2 amide bonds. The Morgan fingerprint density at radius 1 is 1.41 bits per heavy atom. The maximum Gasteiger partial charge on any atom is 0.260 e. The molecule has 2 aliphatic heterocycles. The predicted octanol–water partition coefficient (Wildman–Crippen LogP) is 0.762. The van der Waals surface area contributed by atoms with Gasteiger partial charge < -0.3 is 15.2 Å². The minimum Gasteiger partial charge on any atom is -0.333 e. The van der Waals surface area contributed by atoms with Crippen molar-refractivity contribution >= 4 is 28.3 Å². The Morgan fingerprint density at radius 3 is 2.93 bits per heavy atom. The second kappa shape index (κ2) is 7.77. The van der Waals surface area contributed by atoms with Gasteiger partial charge in [-0.15, -0.1) is 0 Å². The van der Waals surface area contributed by atoms with E-state index in [-0.39, 0.29) is 23.3 Å². The molecule has 1 fully saturated rings. The number of rotatable bonds is 3. The molecule has 0 saturated carbocycles. The van der Waals surface area contributed by atoms with Gasteiger partial charge in [-0.25, -0.2) is 4.98 Å². The van der Waals surface area contributed by atoms with Crippen molar-refractivity contribution in [1.29, 1.82) is 5.26 Å². The van der Waals surface area contributed by atoms with Crippen molar-refractivity contribution in [3.63, 3.8) is 0 Å². The lowest BCUT2D eigenvalue weighted by atomic mass is 10.1. The second-order valence-electron chi connectivity index (χ2n) is 7.19. The average Bonchev–Trinajstić information content (AvgIpc) is 3.37. The number of amides is 2. The molecule has 0 aliphatic carbocycles. The first kappa shape index (κ1) is 19.3. The molecule has 0 spiro atoms. The number of carbonyl (C=O) groups excluding carboxylic acids is 2. The van der Waals surface area contributed by atoms with Gasteiger partial charge in [0.1, 0.15) is 5.56 Å². The first-order valence-electron chi connectivity index (χ1n) is 9.40. The molecule has 2 aliphatic rings. The predicted molar refractivity (Wildman–Crippen MR) is 106 cm³/mol. The summed E-state index contributed by atoms with van der Waals surface area (Å²) >= 11 is 1.25. The summed E-state index contributed by atoms with van der Waals surface area (Å²) in [5.74, 6) is -0.804. The SMILES string of the molecule is Cc1ccc(C(=O)N2CCc3nc(N(C#N)C(=O)[C@H]4CCNC4)sc3C2)c(=O)[nH]1. The molecule has 1 saturated heterocycles. The molecule has 4 heterocycles. The highest BCUT2D eigenvalue weighted by molar-refractivity contribution is 7.16. The zero-order chi connectivity index (χ0) is 20.5. The molecule has 9 nitrogen and oxygen atoms in total. The Labute approximate surface area is 171 Å². The maximum absolute atomic E-state index is 12.8. The highest BCUT2D eigenvalue weighted by atomic mass is 32.1. The Morgan fingerprint density at radius 2 is 2.24 bits per heavy atom. The van der Waals surface area contributed by atoms with Crippen LogP contribution in [0, 0.1) is 24.3 Å². The monoisotopic (exact) mass is 412 g/mol. The largest absolute Gasteiger partial charge is 0.333 e. The van der Waals surface area contributed by atoms with Crippen LogP contribution in [0.4, 0.5) is 5.13 Å². The number of nitrogens with zero attached hydrogens (tertiary/aromatic N) is 4. The van der Waals surface area contributed by atoms with E-state index in [2.05, 4.69) is 15.3 Å². The normalized spacial score (nSPS) is 18.2. The van der Waals surface area contributed by atoms with E-state index in [9.17, 15) is 19.6 Å². The molecule has 10 heteroatoms. The highest BCUT2D eigenvalue weighted by Crippen LogP contribution is 2.32. The molecule has 0 radical (unpaired) electrons. The number of hydrogen-bond donors (Lipinski definition) is 2. The van der Waals surface area contributed by atoms with Crippen LogP contribution in [-0.2, 0) is 17.8 Å². The molecule has 2 aromatic rings. The summed E-state index contributed by atoms with van der Waals surface area (Å²) in [5.41, 5.74) is 1.19. The number of H-pyrrole nitrogens is 1. The van der Waals surface area contributed by atoms with Crippen molar-refractivity contribution in [2.75, 3.05) is 24.5 Å². The Kier molecular flexibility index (Phi) is 5.17. The Bertz CT molecular complexity index is 1060. The maximum atomic E-state index is 12.8. The van der Waals surface area contributed by atoms with Crippen LogP contribution in [-0.4, -0.2) is 46.3 Å². The second-order valence-corrected chi connectivity index (χ2v) is 8.25. The summed E-state index contributed by atoms with van der Waals surface area (Å²) in [4.78, 5) is 48.2. The van der Waals surface area contributed by atoms with E-state index in [0.717, 1.165) is 22.0 Å². The summed E-state index contributed by atoms with van der Waals surface area (Å²) in [6, 6.07) is 3.24. The minimum atomic E-state index is -0.405. The summed E-state index contributed by atoms with van der Waals surface area (Å²) in [7, 11) is 0. The number of aromatic nitrogens is 2. The molecule has 150 valence electrons. The van der Waals surface area contributed by atoms with Crippen molar-refractivity contribution in [3.05, 3.63) is 44.3 Å². The van der Waals surface area contributed by atoms with Crippen LogP contribution in [0.5, 0.6) is 0 Å². The van der Waals surface area contributed by atoms with Gasteiger partial charge in [-0.3, -0.25) is 14.4 Å². The van der Waals surface area contributed by atoms with E-state index in [1.165, 1.54) is 17.4 Å². The standard InChI is InChI=1S/C19H20N6O3S/c1-11-2-3-13(16(26)22-11)18(28)24-7-5-14-15(9-24)29-19(23-14)25(10-20)17(27)12-4-6-21-8-12/h2-3,12,21H,4-9H2,1H3,(H,22,26)/t12-/m0/s1. The van der Waals surface area contributed by atoms with E-state index < -0.39 is 5.56 Å². The van der Waals surface area contributed by atoms with E-state index in [1.54, 1.807) is 17.9 Å². The van der Waals surface area contributed by atoms with Gasteiger partial charge in [-0.1, -0.05) is 11.3 Å². The van der Waals surface area contributed by atoms with Crippen molar-refractivity contribution in [1.82, 2.24) is 20.2 Å². The molecule has 2 N–H and O–H groups in total. The quantitative estimate of drug-likeness (QED) is 0.567. The molecule has 4 rings (SSSR count). The number of fused-ring (bicyclic) bond motifs is 1. The van der Waals surface area contributed by atoms with Gasteiger partial charge in [0.2, 0.25) is 11.0 Å². The number of anilines is 1. The Hall–Kier alpha value is -3.03. The van der Waals surface area contributed by atoms with Crippen molar-refractivity contribution in [3.8, 4) is 6.19 Å². The van der Waals surface area contributed by atoms with Gasteiger partial charge in [0.05, 0.1) is 18.2 Å². The van der Waals surface area contributed by atoms with Crippen LogP contribution in [0.2, 0.25) is 0 Å². The van der Waals surface area contributed by atoms with Crippen LogP contribution < -0.4 is 15.8 Å². The molecule has 29 heavy (non-hydrogen) atoms. The molecular weight excluding hydrogens is 392 g/mol. The van der Waals surface area contributed by atoms with Crippen LogP contribution in [0.1, 0.15) is 33.0 Å². The van der Waals surface area contributed by atoms with Crippen molar-refractivity contribution in [2.45, 2.75) is 26.3 Å². The third kappa shape index (κ3) is 3.66. The molecule has 1 atom stereocenters. The first-order chi connectivity index (χ1) is 14.0. The minimum absolute atomic E-state index is 0.103. The van der Waals surface area contributed by atoms with Crippen LogP contribution in [0.15, 0.2) is 16.9 Å². The lowest BCUT2D eigenvalue weighted by Crippen LogP contribution is -2.38. The molecular formula is C19H20N6O3S. The molecule has 2 aromatic heterocycles. The van der Waals surface area contributed by atoms with Gasteiger partial charge in [0.15, 0.2) is 6.19 Å². The number of thiazole rings is 1. The van der Waals surface area contributed by atoms with Crippen LogP contribution >= 0.6 is 11.3 Å². The number of carbonyl (C=O) groups is 2. The smallest absolute Gasteiger partial charge is 0.260 e. The zero-order valence-electron chi connectivity index (χ0n) is 15.9. The number of pyridine rings is 1. The summed E-state index contributed by atoms with van der Waals surface area (Å²) in [5, 5.41) is 13.0. The fraction of sp³-hybridized carbons (Fsp3) is 0.421. The third-order valence-corrected chi connectivity index (χ3v) is 6.28. The number of aromatic amines is 1. The van der Waals surface area contributed by atoms with Gasteiger partial charge in [-0.2, -0.15) is 10.2 Å². The van der Waals surface area contributed by atoms with Gasteiger partial charge in [-0.05, 0) is 32.0 Å². The van der Waals surface area contributed by atoms with Gasteiger partial charge >= 0.3 is 0 Å².